The summed E-state index contributed by atoms with van der Waals surface area (Å²) in [4.78, 5) is 0. The molecule has 1 aromatic heterocycles. The Hall–Kier alpha value is -0.910. The van der Waals surface area contributed by atoms with Crippen LogP contribution in [0.15, 0.2) is 0 Å². The van der Waals surface area contributed by atoms with Gasteiger partial charge < -0.3 is 15.8 Å². The van der Waals surface area contributed by atoms with E-state index in [0.29, 0.717) is 18.4 Å². The van der Waals surface area contributed by atoms with Crippen LogP contribution < -0.4 is 11.1 Å². The zero-order valence-corrected chi connectivity index (χ0v) is 11.6. The van der Waals surface area contributed by atoms with Crippen LogP contribution in [0.1, 0.15) is 36.8 Å². The number of hydrogen-bond donors (Lipinski definition) is 2. The molecule has 6 heteroatoms. The van der Waals surface area contributed by atoms with Crippen molar-refractivity contribution in [3.8, 4) is 0 Å². The van der Waals surface area contributed by atoms with Crippen LogP contribution in [0.3, 0.4) is 0 Å². The number of aromatic nitrogens is 2. The molecule has 1 aliphatic heterocycles. The minimum absolute atomic E-state index is 0.196. The van der Waals surface area contributed by atoms with E-state index in [1.807, 2.05) is 0 Å². The average Bonchev–Trinajstić information content (AvgIpc) is 2.44. The largest absolute Gasteiger partial charge is 0.376 e. The van der Waals surface area contributed by atoms with E-state index in [0.717, 1.165) is 36.2 Å². The highest BCUT2D eigenvalue weighted by molar-refractivity contribution is 6.30. The number of nitrogens with two attached hydrogens (primary N) is 1. The van der Waals surface area contributed by atoms with Gasteiger partial charge in [-0.25, -0.2) is 0 Å². The molecule has 104 valence electrons. The van der Waals surface area contributed by atoms with Gasteiger partial charge in [-0.1, -0.05) is 24.4 Å². The van der Waals surface area contributed by atoms with Crippen molar-refractivity contribution < 1.29 is 4.74 Å². The van der Waals surface area contributed by atoms with Gasteiger partial charge in [0.1, 0.15) is 0 Å². The summed E-state index contributed by atoms with van der Waals surface area (Å²) < 4.78 is 5.44. The lowest BCUT2D eigenvalue weighted by Crippen LogP contribution is -2.43. The molecule has 1 aliphatic carbocycles. The van der Waals surface area contributed by atoms with Crippen molar-refractivity contribution in [3.63, 3.8) is 0 Å². The van der Waals surface area contributed by atoms with Gasteiger partial charge in [-0.3, -0.25) is 0 Å². The first-order chi connectivity index (χ1) is 9.25. The summed E-state index contributed by atoms with van der Waals surface area (Å²) in [7, 11) is 0. The van der Waals surface area contributed by atoms with Crippen LogP contribution in [0.5, 0.6) is 0 Å². The molecule has 1 aromatic rings. The van der Waals surface area contributed by atoms with Crippen LogP contribution in [0.4, 0.5) is 5.82 Å². The topological polar surface area (TPSA) is 73.1 Å². The fourth-order valence-electron chi connectivity index (χ4n) is 2.88. The Morgan fingerprint density at radius 3 is 2.89 bits per heavy atom. The molecule has 0 spiro atoms. The van der Waals surface area contributed by atoms with Gasteiger partial charge in [0.2, 0.25) is 0 Å². The van der Waals surface area contributed by atoms with E-state index in [4.69, 9.17) is 22.1 Å². The number of halogens is 1. The maximum Gasteiger partial charge on any atom is 0.157 e. The third kappa shape index (κ3) is 2.68. The quantitative estimate of drug-likeness (QED) is 0.866. The lowest BCUT2D eigenvalue weighted by molar-refractivity contribution is 0.110. The summed E-state index contributed by atoms with van der Waals surface area (Å²) >= 11 is 6.08. The molecule has 2 heterocycles. The predicted molar refractivity (Wildman–Crippen MR) is 74.3 cm³/mol. The summed E-state index contributed by atoms with van der Waals surface area (Å²) in [5, 5.41) is 12.2. The van der Waals surface area contributed by atoms with Crippen molar-refractivity contribution in [2.75, 3.05) is 11.9 Å². The van der Waals surface area contributed by atoms with Crippen molar-refractivity contribution >= 4 is 17.4 Å². The van der Waals surface area contributed by atoms with E-state index in [-0.39, 0.29) is 12.1 Å². The van der Waals surface area contributed by atoms with Crippen molar-refractivity contribution in [1.29, 1.82) is 0 Å². The first kappa shape index (κ1) is 13.1. The number of ether oxygens (including phenoxy) is 1. The molecular formula is C13H19ClN4O. The Labute approximate surface area is 117 Å². The average molecular weight is 283 g/mol. The molecule has 19 heavy (non-hydrogen) atoms. The molecule has 0 bridgehead atoms. The van der Waals surface area contributed by atoms with Gasteiger partial charge in [-0.15, -0.1) is 10.2 Å². The van der Waals surface area contributed by atoms with E-state index >= 15 is 0 Å². The zero-order chi connectivity index (χ0) is 13.2. The molecule has 1 fully saturated rings. The smallest absolute Gasteiger partial charge is 0.157 e. The van der Waals surface area contributed by atoms with E-state index in [2.05, 4.69) is 15.5 Å². The van der Waals surface area contributed by atoms with Crippen LogP contribution in [0.2, 0.25) is 5.15 Å². The summed E-state index contributed by atoms with van der Waals surface area (Å²) in [5.41, 5.74) is 8.28. The molecule has 3 N–H and O–H groups in total. The Morgan fingerprint density at radius 2 is 2.05 bits per heavy atom. The molecule has 0 radical (unpaired) electrons. The second-order valence-electron chi connectivity index (χ2n) is 5.30. The number of anilines is 1. The van der Waals surface area contributed by atoms with Gasteiger partial charge in [-0.05, 0) is 19.3 Å². The van der Waals surface area contributed by atoms with E-state index in [1.54, 1.807) is 0 Å². The highest BCUT2D eigenvalue weighted by Crippen LogP contribution is 2.29. The number of nitrogens with zero attached hydrogens (tertiary/aromatic N) is 2. The van der Waals surface area contributed by atoms with Crippen LogP contribution in [0.25, 0.3) is 0 Å². The third-order valence-electron chi connectivity index (χ3n) is 4.02. The minimum Gasteiger partial charge on any atom is -0.376 e. The normalized spacial score (nSPS) is 26.8. The van der Waals surface area contributed by atoms with Crippen LogP contribution in [-0.2, 0) is 17.8 Å². The maximum atomic E-state index is 6.17. The SMILES string of the molecule is N[C@@H]1CCCC[C@H]1Nc1nnc(Cl)c2c1CCOC2. The second kappa shape index (κ2) is 5.61. The van der Waals surface area contributed by atoms with Gasteiger partial charge in [0.25, 0.3) is 0 Å². The first-order valence-electron chi connectivity index (χ1n) is 6.89. The Bertz CT molecular complexity index is 468. The Balaban J connectivity index is 1.84. The fraction of sp³-hybridized carbons (Fsp3) is 0.692. The van der Waals surface area contributed by atoms with Gasteiger partial charge >= 0.3 is 0 Å². The second-order valence-corrected chi connectivity index (χ2v) is 5.66. The van der Waals surface area contributed by atoms with E-state index < -0.39 is 0 Å². The highest BCUT2D eigenvalue weighted by Gasteiger charge is 2.25. The number of fused-ring (bicyclic) bond motifs is 1. The maximum absolute atomic E-state index is 6.17. The number of hydrogen-bond acceptors (Lipinski definition) is 5. The molecule has 0 aromatic carbocycles. The summed E-state index contributed by atoms with van der Waals surface area (Å²) in [6.07, 6.45) is 5.44. The lowest BCUT2D eigenvalue weighted by Gasteiger charge is -2.31. The third-order valence-corrected chi connectivity index (χ3v) is 4.32. The number of nitrogens with one attached hydrogen (secondary N) is 1. The fourth-order valence-corrected chi connectivity index (χ4v) is 3.08. The summed E-state index contributed by atoms with van der Waals surface area (Å²) in [5.74, 6) is 0.838. The standard InChI is InChI=1S/C13H19ClN4O/c14-12-9-7-19-6-5-8(9)13(18-17-12)16-11-4-2-1-3-10(11)15/h10-11H,1-7,15H2,(H,16,18)/t10-,11-/m1/s1. The van der Waals surface area contributed by atoms with Crippen molar-refractivity contribution in [3.05, 3.63) is 16.3 Å². The molecule has 1 saturated carbocycles. The Morgan fingerprint density at radius 1 is 1.21 bits per heavy atom. The van der Waals surface area contributed by atoms with E-state index in [9.17, 15) is 0 Å². The van der Waals surface area contributed by atoms with Crippen molar-refractivity contribution in [2.45, 2.75) is 50.8 Å². The highest BCUT2D eigenvalue weighted by atomic mass is 35.5. The molecule has 5 nitrogen and oxygen atoms in total. The van der Waals surface area contributed by atoms with Crippen LogP contribution in [-0.4, -0.2) is 28.9 Å². The summed E-state index contributed by atoms with van der Waals surface area (Å²) in [6.45, 7) is 1.23. The summed E-state index contributed by atoms with van der Waals surface area (Å²) in [6, 6.07) is 0.484. The molecule has 2 aliphatic rings. The van der Waals surface area contributed by atoms with Crippen LogP contribution in [0, 0.1) is 0 Å². The first-order valence-corrected chi connectivity index (χ1v) is 7.27. The predicted octanol–water partition coefficient (Wildman–Crippen LogP) is 1.88. The molecule has 0 amide bonds. The molecule has 2 atom stereocenters. The van der Waals surface area contributed by atoms with Gasteiger partial charge in [0.15, 0.2) is 11.0 Å². The van der Waals surface area contributed by atoms with Gasteiger partial charge in [0.05, 0.1) is 13.2 Å². The molecule has 3 rings (SSSR count). The number of rotatable bonds is 2. The van der Waals surface area contributed by atoms with Crippen molar-refractivity contribution in [1.82, 2.24) is 10.2 Å². The van der Waals surface area contributed by atoms with Gasteiger partial charge in [0, 0.05) is 23.2 Å². The lowest BCUT2D eigenvalue weighted by atomic mass is 9.91. The molecule has 0 saturated heterocycles. The zero-order valence-electron chi connectivity index (χ0n) is 10.9. The molecular weight excluding hydrogens is 264 g/mol. The van der Waals surface area contributed by atoms with Gasteiger partial charge in [-0.2, -0.15) is 0 Å². The monoisotopic (exact) mass is 282 g/mol. The molecule has 0 unspecified atom stereocenters. The van der Waals surface area contributed by atoms with Crippen LogP contribution >= 0.6 is 11.6 Å². The van der Waals surface area contributed by atoms with Crippen molar-refractivity contribution in [2.24, 2.45) is 5.73 Å². The minimum atomic E-state index is 0.196. The Kier molecular flexibility index (Phi) is 3.86. The van der Waals surface area contributed by atoms with E-state index in [1.165, 1.54) is 12.8 Å².